The summed E-state index contributed by atoms with van der Waals surface area (Å²) in [5, 5.41) is 9.55. The van der Waals surface area contributed by atoms with E-state index in [0.29, 0.717) is 31.3 Å². The molecule has 3 fully saturated rings. The van der Waals surface area contributed by atoms with Gasteiger partial charge in [-0.1, -0.05) is 36.5 Å². The minimum Gasteiger partial charge on any atom is -0.384 e. The molecule has 6 rings (SSSR count). The topological polar surface area (TPSA) is 66.8 Å². The predicted octanol–water partition coefficient (Wildman–Crippen LogP) is 4.94. The van der Waals surface area contributed by atoms with Gasteiger partial charge < -0.3 is 14.7 Å². The molecule has 2 saturated carbocycles. The van der Waals surface area contributed by atoms with Crippen molar-refractivity contribution in [3.8, 4) is 11.8 Å². The standard InChI is InChI=1S/C33H38FNO4/c1-21(37)33(11-3-15-36)12-10-29-27-19-30(34)26-18-24(38)8-9-25(26)31(27)28(20-32(29,33)2)22-4-6-23(7-5-22)35-13-16-39-17-14-35/h4-7,18,27-30,36H,8-10,12-17,19-20H2,1-2H3/t27-,28+,29-,30?,32-,33+/m0/s1. The molecule has 5 nitrogen and oxygen atoms in total. The number of fused-ring (bicyclic) bond motifs is 4. The monoisotopic (exact) mass is 531 g/mol. The number of carbonyl (C=O) groups is 2. The Hall–Kier alpha value is -2.75. The van der Waals surface area contributed by atoms with Crippen LogP contribution >= 0.6 is 0 Å². The fourth-order valence-corrected chi connectivity index (χ4v) is 8.76. The molecule has 6 atom stereocenters. The zero-order valence-electron chi connectivity index (χ0n) is 23.0. The highest BCUT2D eigenvalue weighted by molar-refractivity contribution is 5.93. The third-order valence-electron chi connectivity index (χ3n) is 10.6. The van der Waals surface area contributed by atoms with Crippen LogP contribution in [0.1, 0.15) is 63.9 Å². The van der Waals surface area contributed by atoms with Crippen molar-refractivity contribution in [3.63, 3.8) is 0 Å². The molecule has 0 bridgehead atoms. The van der Waals surface area contributed by atoms with Crippen LogP contribution in [0, 0.1) is 34.5 Å². The number of aliphatic hydroxyl groups is 1. The molecule has 206 valence electrons. The summed E-state index contributed by atoms with van der Waals surface area (Å²) in [7, 11) is 0. The van der Waals surface area contributed by atoms with Crippen molar-refractivity contribution in [3.05, 3.63) is 52.6 Å². The fraction of sp³-hybridized carbons (Fsp3) is 0.576. The number of ether oxygens (including phenoxy) is 1. The first-order valence-corrected chi connectivity index (χ1v) is 14.5. The number of hydrogen-bond acceptors (Lipinski definition) is 5. The molecule has 6 heteroatoms. The van der Waals surface area contributed by atoms with Gasteiger partial charge in [0.1, 0.15) is 18.6 Å². The van der Waals surface area contributed by atoms with Crippen molar-refractivity contribution in [1.29, 1.82) is 0 Å². The van der Waals surface area contributed by atoms with Crippen LogP contribution in [0.5, 0.6) is 0 Å². The molecule has 1 saturated heterocycles. The maximum atomic E-state index is 15.8. The number of Topliss-reactive ketones (excluding diaryl/α,β-unsaturated/α-hetero) is 1. The SMILES string of the molecule is CC(=O)[C@@]1(C#CCO)CC[C@H]2[C@@H]3CC(F)C4=CC(=O)CCC4=C3[C@@H](c3ccc(N4CCOCC4)cc3)C[C@@]21C. The van der Waals surface area contributed by atoms with E-state index < -0.39 is 17.0 Å². The number of morpholine rings is 1. The highest BCUT2D eigenvalue weighted by Gasteiger charge is 2.65. The summed E-state index contributed by atoms with van der Waals surface area (Å²) in [5.74, 6) is 6.27. The number of benzene rings is 1. The van der Waals surface area contributed by atoms with Crippen LogP contribution in [-0.2, 0) is 14.3 Å². The molecule has 1 aromatic rings. The zero-order valence-corrected chi connectivity index (χ0v) is 23.0. The summed E-state index contributed by atoms with van der Waals surface area (Å²) in [6.07, 6.45) is 3.93. The van der Waals surface area contributed by atoms with E-state index in [9.17, 15) is 14.7 Å². The summed E-state index contributed by atoms with van der Waals surface area (Å²) < 4.78 is 21.3. The molecule has 5 aliphatic rings. The predicted molar refractivity (Wildman–Crippen MR) is 148 cm³/mol. The van der Waals surface area contributed by atoms with Crippen LogP contribution in [0.15, 0.2) is 47.1 Å². The van der Waals surface area contributed by atoms with Gasteiger partial charge in [0.2, 0.25) is 0 Å². The second-order valence-corrected chi connectivity index (χ2v) is 12.2. The van der Waals surface area contributed by atoms with Crippen molar-refractivity contribution in [1.82, 2.24) is 0 Å². The van der Waals surface area contributed by atoms with Gasteiger partial charge in [-0.25, -0.2) is 4.39 Å². The molecule has 1 heterocycles. The molecule has 39 heavy (non-hydrogen) atoms. The number of aliphatic hydroxyl groups excluding tert-OH is 1. The molecule has 1 unspecified atom stereocenters. The maximum Gasteiger partial charge on any atom is 0.156 e. The number of rotatable bonds is 3. The fourth-order valence-electron chi connectivity index (χ4n) is 8.76. The molecule has 0 spiro atoms. The maximum absolute atomic E-state index is 15.8. The normalized spacial score (nSPS) is 35.8. The number of halogens is 1. The highest BCUT2D eigenvalue weighted by Crippen LogP contribution is 2.69. The van der Waals surface area contributed by atoms with E-state index in [1.807, 2.05) is 0 Å². The van der Waals surface area contributed by atoms with Crippen molar-refractivity contribution >= 4 is 17.3 Å². The van der Waals surface area contributed by atoms with Crippen LogP contribution in [0.25, 0.3) is 0 Å². The first-order valence-electron chi connectivity index (χ1n) is 14.5. The van der Waals surface area contributed by atoms with Crippen molar-refractivity contribution < 1.29 is 23.8 Å². The third-order valence-corrected chi connectivity index (χ3v) is 10.6. The highest BCUT2D eigenvalue weighted by atomic mass is 19.1. The Morgan fingerprint density at radius 2 is 1.95 bits per heavy atom. The van der Waals surface area contributed by atoms with Crippen LogP contribution in [-0.4, -0.2) is 55.8 Å². The van der Waals surface area contributed by atoms with Crippen molar-refractivity contribution in [2.45, 2.75) is 64.5 Å². The molecule has 1 aromatic carbocycles. The third kappa shape index (κ3) is 4.12. The molecule has 0 aromatic heterocycles. The van der Waals surface area contributed by atoms with Gasteiger partial charge in [-0.15, -0.1) is 0 Å². The van der Waals surface area contributed by atoms with Crippen LogP contribution in [0.3, 0.4) is 0 Å². The van der Waals surface area contributed by atoms with E-state index >= 15 is 4.39 Å². The Labute approximate surface area is 230 Å². The van der Waals surface area contributed by atoms with Crippen LogP contribution in [0.2, 0.25) is 0 Å². The summed E-state index contributed by atoms with van der Waals surface area (Å²) >= 11 is 0. The van der Waals surface area contributed by atoms with Gasteiger partial charge in [0.25, 0.3) is 0 Å². The smallest absolute Gasteiger partial charge is 0.156 e. The summed E-state index contributed by atoms with van der Waals surface area (Å²) in [6.45, 7) is 6.72. The van der Waals surface area contributed by atoms with E-state index in [2.05, 4.69) is 47.9 Å². The number of allylic oxidation sites excluding steroid dienone is 4. The minimum absolute atomic E-state index is 0.000161. The van der Waals surface area contributed by atoms with E-state index in [0.717, 1.165) is 44.7 Å². The Balaban J connectivity index is 1.49. The average Bonchev–Trinajstić information content (AvgIpc) is 3.25. The molecule has 4 aliphatic carbocycles. The van der Waals surface area contributed by atoms with E-state index in [1.165, 1.54) is 16.8 Å². The van der Waals surface area contributed by atoms with Gasteiger partial charge in [0.05, 0.1) is 18.6 Å². The average molecular weight is 532 g/mol. The Bertz CT molecular complexity index is 1300. The Morgan fingerprint density at radius 3 is 2.64 bits per heavy atom. The van der Waals surface area contributed by atoms with E-state index in [1.54, 1.807) is 13.0 Å². The van der Waals surface area contributed by atoms with Gasteiger partial charge in [-0.2, -0.15) is 0 Å². The quantitative estimate of drug-likeness (QED) is 0.560. The van der Waals surface area contributed by atoms with Crippen molar-refractivity contribution in [2.24, 2.45) is 22.7 Å². The largest absolute Gasteiger partial charge is 0.384 e. The first kappa shape index (κ1) is 26.5. The van der Waals surface area contributed by atoms with Gasteiger partial charge in [-0.3, -0.25) is 9.59 Å². The van der Waals surface area contributed by atoms with Gasteiger partial charge >= 0.3 is 0 Å². The summed E-state index contributed by atoms with van der Waals surface area (Å²) in [5.41, 5.74) is 3.96. The molecule has 0 radical (unpaired) electrons. The molecule has 1 aliphatic heterocycles. The number of alkyl halides is 1. The summed E-state index contributed by atoms with van der Waals surface area (Å²) in [6, 6.07) is 8.75. The zero-order chi connectivity index (χ0) is 27.4. The number of nitrogens with zero attached hydrogens (tertiary/aromatic N) is 1. The Kier molecular flexibility index (Phi) is 6.80. The number of hydrogen-bond donors (Lipinski definition) is 1. The van der Waals surface area contributed by atoms with Gasteiger partial charge in [0.15, 0.2) is 5.78 Å². The number of anilines is 1. The van der Waals surface area contributed by atoms with Crippen LogP contribution < -0.4 is 4.90 Å². The lowest BCUT2D eigenvalue weighted by Gasteiger charge is -2.55. The first-order chi connectivity index (χ1) is 18.8. The van der Waals surface area contributed by atoms with E-state index in [4.69, 9.17) is 4.74 Å². The second-order valence-electron chi connectivity index (χ2n) is 12.2. The number of carbonyl (C=O) groups excluding carboxylic acids is 2. The molecule has 1 N–H and O–H groups in total. The Morgan fingerprint density at radius 1 is 1.21 bits per heavy atom. The number of ketones is 2. The van der Waals surface area contributed by atoms with Crippen LogP contribution in [0.4, 0.5) is 10.1 Å². The van der Waals surface area contributed by atoms with Crippen molar-refractivity contribution in [2.75, 3.05) is 37.8 Å². The van der Waals surface area contributed by atoms with Gasteiger partial charge in [-0.05, 0) is 91.2 Å². The molecular formula is C33H38FNO4. The molecule has 0 amide bonds. The lowest BCUT2D eigenvalue weighted by atomic mass is 9.48. The summed E-state index contributed by atoms with van der Waals surface area (Å²) in [4.78, 5) is 28.0. The van der Waals surface area contributed by atoms with Gasteiger partial charge in [0, 0.05) is 31.1 Å². The minimum atomic E-state index is -1.17. The molecular weight excluding hydrogens is 493 g/mol. The second kappa shape index (κ2) is 10.0. The lowest BCUT2D eigenvalue weighted by Crippen LogP contribution is -2.51. The van der Waals surface area contributed by atoms with E-state index in [-0.39, 0.29) is 35.9 Å². The lowest BCUT2D eigenvalue weighted by molar-refractivity contribution is -0.130.